The number of thiazole rings is 1. The van der Waals surface area contributed by atoms with Gasteiger partial charge in [-0.2, -0.15) is 0 Å². The van der Waals surface area contributed by atoms with E-state index < -0.39 is 29.4 Å². The van der Waals surface area contributed by atoms with Crippen molar-refractivity contribution in [2.75, 3.05) is 46.6 Å². The zero-order valence-corrected chi connectivity index (χ0v) is 37.7. The van der Waals surface area contributed by atoms with Gasteiger partial charge < -0.3 is 24.1 Å². The molecule has 11 rings (SSSR count). The van der Waals surface area contributed by atoms with Gasteiger partial charge >= 0.3 is 5.97 Å². The van der Waals surface area contributed by atoms with Crippen LogP contribution < -0.4 is 10.7 Å². The highest BCUT2D eigenvalue weighted by Gasteiger charge is 2.52. The lowest BCUT2D eigenvalue weighted by Crippen LogP contribution is -2.71. The van der Waals surface area contributed by atoms with Gasteiger partial charge in [0.05, 0.1) is 66.0 Å². The molecule has 15 heteroatoms. The first-order valence-corrected chi connectivity index (χ1v) is 23.3. The number of nitrogens with one attached hydrogen (secondary N) is 2. The van der Waals surface area contributed by atoms with E-state index >= 15 is 4.39 Å². The largest absolute Gasteiger partial charge is 0.464 e. The molecular weight excluding hydrogens is 834 g/mol. The van der Waals surface area contributed by atoms with Gasteiger partial charge in [0.1, 0.15) is 17.9 Å². The lowest BCUT2D eigenvalue weighted by atomic mass is 9.73. The van der Waals surface area contributed by atoms with Gasteiger partial charge in [0.15, 0.2) is 0 Å². The summed E-state index contributed by atoms with van der Waals surface area (Å²) in [5.74, 6) is 4.69. The molecule has 3 saturated heterocycles. The minimum Gasteiger partial charge on any atom is -0.464 e. The van der Waals surface area contributed by atoms with Gasteiger partial charge in [-0.05, 0) is 73.8 Å². The first-order chi connectivity index (χ1) is 30.8. The Morgan fingerprint density at radius 2 is 1.92 bits per heavy atom. The highest BCUT2D eigenvalue weighted by atomic mass is 32.1. The molecule has 2 N–H and O–H groups in total. The van der Waals surface area contributed by atoms with Gasteiger partial charge in [0.25, 0.3) is 5.91 Å². The maximum absolute atomic E-state index is 17.3. The van der Waals surface area contributed by atoms with Crippen LogP contribution in [0.2, 0.25) is 0 Å². The Hall–Kier alpha value is -5.24. The van der Waals surface area contributed by atoms with E-state index in [2.05, 4.69) is 65.1 Å². The quantitative estimate of drug-likeness (QED) is 0.183. The summed E-state index contributed by atoms with van der Waals surface area (Å²) in [5, 5.41) is 7.76. The Bertz CT molecular complexity index is 2670. The molecule has 2 amide bonds. The number of morpholine rings is 1. The number of carbonyl (C=O) groups excluding carboxylic acids is 3. The van der Waals surface area contributed by atoms with Crippen molar-refractivity contribution >= 4 is 40.0 Å². The van der Waals surface area contributed by atoms with E-state index in [1.807, 2.05) is 18.4 Å². The average molecular weight is 888 g/mol. The van der Waals surface area contributed by atoms with Crippen LogP contribution in [0.1, 0.15) is 73.5 Å². The molecule has 8 bridgehead atoms. The molecule has 5 fully saturated rings. The van der Waals surface area contributed by atoms with Crippen molar-refractivity contribution in [2.24, 2.45) is 17.3 Å². The molecule has 2 aliphatic carbocycles. The summed E-state index contributed by atoms with van der Waals surface area (Å²) in [5.41, 5.74) is 10.4. The number of hydrogen-bond acceptors (Lipinski definition) is 11. The van der Waals surface area contributed by atoms with Crippen molar-refractivity contribution in [1.29, 1.82) is 0 Å². The monoisotopic (exact) mass is 887 g/mol. The van der Waals surface area contributed by atoms with Crippen LogP contribution in [-0.4, -0.2) is 107 Å². The third-order valence-corrected chi connectivity index (χ3v) is 14.8. The fourth-order valence-electron chi connectivity index (χ4n) is 10.2. The third-order valence-electron chi connectivity index (χ3n) is 14.0. The van der Waals surface area contributed by atoms with E-state index in [0.717, 1.165) is 52.1 Å². The number of carbonyl (C=O) groups is 3. The lowest BCUT2D eigenvalue weighted by molar-refractivity contribution is -0.171. The fourth-order valence-corrected chi connectivity index (χ4v) is 11.0. The molecule has 5 aliphatic heterocycles. The van der Waals surface area contributed by atoms with Gasteiger partial charge in [-0.1, -0.05) is 38.8 Å². The van der Waals surface area contributed by atoms with Crippen molar-refractivity contribution < 1.29 is 33.0 Å². The number of aryl methyl sites for hydroxylation is 2. The zero-order valence-electron chi connectivity index (χ0n) is 36.9. The number of pyridine rings is 1. The van der Waals surface area contributed by atoms with Crippen LogP contribution in [0.15, 0.2) is 48.0 Å². The maximum Gasteiger partial charge on any atom is 0.325 e. The molecule has 334 valence electrons. The summed E-state index contributed by atoms with van der Waals surface area (Å²) >= 11 is 1.32. The smallest absolute Gasteiger partial charge is 0.325 e. The predicted molar refractivity (Wildman–Crippen MR) is 240 cm³/mol. The summed E-state index contributed by atoms with van der Waals surface area (Å²) in [6, 6.07) is 2.13. The summed E-state index contributed by atoms with van der Waals surface area (Å²) in [4.78, 5) is 54.3. The number of aromatic nitrogens is 3. The van der Waals surface area contributed by atoms with E-state index in [0.29, 0.717) is 91.4 Å². The number of amides is 2. The van der Waals surface area contributed by atoms with Crippen LogP contribution in [0.3, 0.4) is 0 Å². The number of hydrogen-bond donors (Lipinski definition) is 2. The second-order valence-corrected chi connectivity index (χ2v) is 19.9. The topological polar surface area (TPSA) is 140 Å². The summed E-state index contributed by atoms with van der Waals surface area (Å²) in [6.07, 6.45) is 4.51. The fraction of sp³-hybridized carbons (Fsp3) is 0.490. The first kappa shape index (κ1) is 42.7. The number of hydrazine groups is 1. The molecule has 0 radical (unpaired) electrons. The van der Waals surface area contributed by atoms with E-state index in [9.17, 15) is 14.4 Å². The number of cyclic esters (lactones) is 1. The Balaban J connectivity index is 1.12. The second-order valence-electron chi connectivity index (χ2n) is 18.9. The van der Waals surface area contributed by atoms with Crippen molar-refractivity contribution in [3.05, 3.63) is 81.2 Å². The molecule has 13 nitrogen and oxygen atoms in total. The van der Waals surface area contributed by atoms with Crippen molar-refractivity contribution in [1.82, 2.24) is 35.2 Å². The van der Waals surface area contributed by atoms with Gasteiger partial charge in [0.2, 0.25) is 5.91 Å². The Kier molecular flexibility index (Phi) is 11.1. The molecule has 2 saturated carbocycles. The first-order valence-electron chi connectivity index (χ1n) is 22.4. The van der Waals surface area contributed by atoms with Crippen LogP contribution in [0, 0.1) is 34.9 Å². The Morgan fingerprint density at radius 1 is 1.14 bits per heavy atom. The SMILES string of the molecule is C=C1C(=C)C1C(=O)N[C@H]1Cc2nc(cs2)-c2cc3c(c(-c4cc(C#CCN5CCOCC5)cnc4[C@H](C)OC)n4c3c(c2F)CCC4)CC(C)(C)COC(=O)[C@H]2NN(C1=O)C1CC2C1. The van der Waals surface area contributed by atoms with Crippen LogP contribution in [0.4, 0.5) is 4.39 Å². The van der Waals surface area contributed by atoms with Crippen LogP contribution in [-0.2, 0) is 54.4 Å². The van der Waals surface area contributed by atoms with E-state index in [1.54, 1.807) is 13.3 Å². The average Bonchev–Trinajstić information content (AvgIpc) is 3.52. The number of fused-ring (bicyclic) bond motifs is 4. The number of esters is 1. The number of halogens is 1. The maximum atomic E-state index is 17.3. The standard InChI is InChI=1S/C49H54FN7O6S/c1-26-27(2)40(26)46(58)53-37-21-39-52-38(24-64-39)34-20-33-36(22-49(4,5)25-63-48(60)43-30-18-31(19-30)57(54-43)47(37)59)45(56-12-8-10-32(41(34)50)44(33)56)35-17-29(23-51-42(35)28(3)61-6)9-7-11-55-13-15-62-16-14-55/h17,20,23-24,28,30-31,37,40,43,54H,1-2,8,10-16,18-19,21-22,25H2,3-6H3,(H,53,58)/t28-,30?,31?,37-,43-/m0/s1. The minimum absolute atomic E-state index is 0.0128. The summed E-state index contributed by atoms with van der Waals surface area (Å²) < 4.78 is 37.2. The summed E-state index contributed by atoms with van der Waals surface area (Å²) in [7, 11) is 1.67. The van der Waals surface area contributed by atoms with Crippen molar-refractivity contribution in [3.63, 3.8) is 0 Å². The molecule has 8 heterocycles. The molecule has 0 spiro atoms. The Labute approximate surface area is 376 Å². The van der Waals surface area contributed by atoms with Crippen molar-refractivity contribution in [2.45, 2.75) is 90.1 Å². The molecule has 4 aromatic rings. The number of benzene rings is 1. The number of nitrogens with zero attached hydrogens (tertiary/aromatic N) is 5. The van der Waals surface area contributed by atoms with E-state index in [-0.39, 0.29) is 48.7 Å². The third kappa shape index (κ3) is 7.66. The predicted octanol–water partition coefficient (Wildman–Crippen LogP) is 5.69. The van der Waals surface area contributed by atoms with E-state index in [4.69, 9.17) is 24.2 Å². The molecule has 3 atom stereocenters. The molecule has 7 aliphatic rings. The highest BCUT2D eigenvalue weighted by molar-refractivity contribution is 7.10. The number of rotatable bonds is 6. The minimum atomic E-state index is -1.01. The molecule has 3 aromatic heterocycles. The van der Waals surface area contributed by atoms with Gasteiger partial charge in [-0.25, -0.2) is 14.8 Å². The Morgan fingerprint density at radius 3 is 2.67 bits per heavy atom. The van der Waals surface area contributed by atoms with Gasteiger partial charge in [0, 0.05) is 83.8 Å². The normalized spacial score (nSPS) is 24.9. The van der Waals surface area contributed by atoms with Gasteiger partial charge in [-0.3, -0.25) is 29.3 Å². The number of ether oxygens (including phenoxy) is 3. The molecular formula is C49H54FN7O6S. The molecule has 64 heavy (non-hydrogen) atoms. The highest BCUT2D eigenvalue weighted by Crippen LogP contribution is 2.47. The zero-order chi connectivity index (χ0) is 44.6. The second kappa shape index (κ2) is 16.6. The van der Waals surface area contributed by atoms with E-state index in [1.165, 1.54) is 16.3 Å². The molecule has 1 aromatic carbocycles. The van der Waals surface area contributed by atoms with Gasteiger partial charge in [-0.15, -0.1) is 11.3 Å². The van der Waals surface area contributed by atoms with Crippen LogP contribution >= 0.6 is 11.3 Å². The number of methoxy groups -OCH3 is 1. The van der Waals surface area contributed by atoms with Crippen LogP contribution in [0.25, 0.3) is 33.4 Å². The molecule has 0 unspecified atom stereocenters. The lowest BCUT2D eigenvalue weighted by Gasteiger charge is -2.53. The van der Waals surface area contributed by atoms with Crippen molar-refractivity contribution in [3.8, 4) is 34.4 Å². The van der Waals surface area contributed by atoms with Crippen LogP contribution in [0.5, 0.6) is 0 Å². The summed E-state index contributed by atoms with van der Waals surface area (Å²) in [6.45, 7) is 18.4.